The summed E-state index contributed by atoms with van der Waals surface area (Å²) in [5.41, 5.74) is 1.31. The number of likely N-dealkylation sites (tertiary alicyclic amines) is 1. The van der Waals surface area contributed by atoms with Gasteiger partial charge in [0.1, 0.15) is 0 Å². The summed E-state index contributed by atoms with van der Waals surface area (Å²) < 4.78 is 6.14. The minimum Gasteiger partial charge on any atom is -0.377 e. The van der Waals surface area contributed by atoms with Crippen molar-refractivity contribution in [2.24, 2.45) is 16.3 Å². The number of pyridine rings is 1. The van der Waals surface area contributed by atoms with Crippen LogP contribution in [0.1, 0.15) is 59.1 Å². The Morgan fingerprint density at radius 3 is 2.65 bits per heavy atom. The van der Waals surface area contributed by atoms with Gasteiger partial charge in [-0.1, -0.05) is 26.8 Å². The van der Waals surface area contributed by atoms with E-state index >= 15 is 0 Å². The minimum absolute atomic E-state index is 0. The Kier molecular flexibility index (Phi) is 11.0. The van der Waals surface area contributed by atoms with Crippen LogP contribution in [-0.2, 0) is 11.3 Å². The Balaban J connectivity index is 0.00000341. The van der Waals surface area contributed by atoms with Crippen molar-refractivity contribution in [1.29, 1.82) is 0 Å². The van der Waals surface area contributed by atoms with Gasteiger partial charge < -0.3 is 15.4 Å². The zero-order chi connectivity index (χ0) is 21.4. The maximum Gasteiger partial charge on any atom is 0.191 e. The van der Waals surface area contributed by atoms with Crippen molar-refractivity contribution in [1.82, 2.24) is 20.5 Å². The predicted octanol–water partition coefficient (Wildman–Crippen LogP) is 4.06. The number of halogens is 1. The summed E-state index contributed by atoms with van der Waals surface area (Å²) in [7, 11) is 0. The predicted molar refractivity (Wildman–Crippen MR) is 139 cm³/mol. The van der Waals surface area contributed by atoms with Gasteiger partial charge in [0.25, 0.3) is 0 Å². The van der Waals surface area contributed by atoms with E-state index in [1.165, 1.54) is 6.42 Å². The number of aliphatic imine (C=N–C) groups is 1. The Morgan fingerprint density at radius 1 is 1.23 bits per heavy atom. The lowest BCUT2D eigenvalue weighted by molar-refractivity contribution is -0.0823. The molecule has 1 aromatic heterocycles. The van der Waals surface area contributed by atoms with E-state index in [-0.39, 0.29) is 35.5 Å². The van der Waals surface area contributed by atoms with Crippen molar-refractivity contribution in [2.75, 3.05) is 32.8 Å². The molecule has 31 heavy (non-hydrogen) atoms. The lowest BCUT2D eigenvalue weighted by Gasteiger charge is -2.39. The minimum atomic E-state index is 0. The fourth-order valence-electron chi connectivity index (χ4n) is 4.67. The first-order valence-corrected chi connectivity index (χ1v) is 11.7. The zero-order valence-corrected chi connectivity index (χ0v) is 22.1. The molecule has 0 amide bonds. The zero-order valence-electron chi connectivity index (χ0n) is 19.8. The molecule has 2 aliphatic rings. The maximum atomic E-state index is 6.14. The van der Waals surface area contributed by atoms with E-state index in [2.05, 4.69) is 60.3 Å². The van der Waals surface area contributed by atoms with Crippen molar-refractivity contribution in [3.05, 3.63) is 30.1 Å². The molecule has 176 valence electrons. The number of nitrogens with zero attached hydrogens (tertiary/aromatic N) is 3. The molecule has 0 aliphatic carbocycles. The van der Waals surface area contributed by atoms with Gasteiger partial charge in [0.05, 0.1) is 11.8 Å². The smallest absolute Gasteiger partial charge is 0.191 e. The molecule has 1 aromatic rings. The second-order valence-electron chi connectivity index (χ2n) is 9.80. The average molecular weight is 544 g/mol. The molecule has 7 heteroatoms. The summed E-state index contributed by atoms with van der Waals surface area (Å²) in [6, 6.07) is 6.63. The van der Waals surface area contributed by atoms with E-state index in [0.717, 1.165) is 70.2 Å². The first-order valence-electron chi connectivity index (χ1n) is 11.7. The lowest BCUT2D eigenvalue weighted by Crippen LogP contribution is -2.49. The number of rotatable bonds is 6. The Hall–Kier alpha value is -0.930. The summed E-state index contributed by atoms with van der Waals surface area (Å²) in [6.07, 6.45) is 6.78. The molecule has 2 saturated heterocycles. The Morgan fingerprint density at radius 2 is 2.00 bits per heavy atom. The summed E-state index contributed by atoms with van der Waals surface area (Å²) in [5, 5.41) is 7.14. The van der Waals surface area contributed by atoms with Crippen LogP contribution in [-0.4, -0.2) is 60.8 Å². The third-order valence-electron chi connectivity index (χ3n) is 6.17. The number of piperidine rings is 1. The molecular weight excluding hydrogens is 501 g/mol. The highest BCUT2D eigenvalue weighted by atomic mass is 127. The van der Waals surface area contributed by atoms with Crippen LogP contribution in [0.15, 0.2) is 29.4 Å². The van der Waals surface area contributed by atoms with Crippen molar-refractivity contribution < 1.29 is 4.74 Å². The van der Waals surface area contributed by atoms with Gasteiger partial charge in [0.2, 0.25) is 0 Å². The molecule has 6 nitrogen and oxygen atoms in total. The highest BCUT2D eigenvalue weighted by molar-refractivity contribution is 14.0. The molecule has 3 heterocycles. The van der Waals surface area contributed by atoms with Crippen molar-refractivity contribution in [3.8, 4) is 0 Å². The van der Waals surface area contributed by atoms with E-state index in [4.69, 9.17) is 9.73 Å². The monoisotopic (exact) mass is 543 g/mol. The molecule has 0 radical (unpaired) electrons. The van der Waals surface area contributed by atoms with Gasteiger partial charge in [-0.15, -0.1) is 24.0 Å². The summed E-state index contributed by atoms with van der Waals surface area (Å²) in [6.45, 7) is 14.7. The van der Waals surface area contributed by atoms with Gasteiger partial charge in [-0.05, 0) is 50.2 Å². The fourth-order valence-corrected chi connectivity index (χ4v) is 4.67. The van der Waals surface area contributed by atoms with E-state index in [1.807, 2.05) is 12.3 Å². The number of nitrogens with one attached hydrogen (secondary N) is 2. The van der Waals surface area contributed by atoms with E-state index in [9.17, 15) is 0 Å². The van der Waals surface area contributed by atoms with Crippen LogP contribution < -0.4 is 10.6 Å². The van der Waals surface area contributed by atoms with Gasteiger partial charge in [-0.2, -0.15) is 0 Å². The van der Waals surface area contributed by atoms with E-state index in [0.29, 0.717) is 12.0 Å². The van der Waals surface area contributed by atoms with Crippen LogP contribution >= 0.6 is 24.0 Å². The molecular formula is C24H42IN5O. The molecule has 2 unspecified atom stereocenters. The van der Waals surface area contributed by atoms with Crippen LogP contribution in [0.2, 0.25) is 0 Å². The SMILES string of the molecule is CCNC(=NCC1CCCOC1C(C)(C)C)NC1CCN(Cc2ccccn2)CC1.I. The molecule has 0 bridgehead atoms. The number of aromatic nitrogens is 1. The van der Waals surface area contributed by atoms with Crippen LogP contribution in [0.3, 0.4) is 0 Å². The maximum absolute atomic E-state index is 6.14. The van der Waals surface area contributed by atoms with Gasteiger partial charge in [0.15, 0.2) is 5.96 Å². The third kappa shape index (κ3) is 8.50. The highest BCUT2D eigenvalue weighted by Crippen LogP contribution is 2.34. The standard InChI is InChI=1S/C24H41N5O.HI/c1-5-25-23(27-17-19-9-8-16-30-22(19)24(2,3)4)28-20-11-14-29(15-12-20)18-21-10-6-7-13-26-21;/h6-7,10,13,19-20,22H,5,8-9,11-12,14-18H2,1-4H3,(H2,25,27,28);1H. The molecule has 0 spiro atoms. The third-order valence-corrected chi connectivity index (χ3v) is 6.17. The second-order valence-corrected chi connectivity index (χ2v) is 9.80. The summed E-state index contributed by atoms with van der Waals surface area (Å²) in [4.78, 5) is 11.9. The molecule has 0 saturated carbocycles. The number of hydrogen-bond acceptors (Lipinski definition) is 4. The van der Waals surface area contributed by atoms with E-state index in [1.54, 1.807) is 0 Å². The normalized spacial score (nSPS) is 23.8. The average Bonchev–Trinajstić information content (AvgIpc) is 2.74. The molecule has 2 N–H and O–H groups in total. The van der Waals surface area contributed by atoms with Crippen LogP contribution in [0.25, 0.3) is 0 Å². The highest BCUT2D eigenvalue weighted by Gasteiger charge is 2.35. The summed E-state index contributed by atoms with van der Waals surface area (Å²) >= 11 is 0. The van der Waals surface area contributed by atoms with Crippen molar-refractivity contribution in [3.63, 3.8) is 0 Å². The Labute approximate surface area is 206 Å². The largest absolute Gasteiger partial charge is 0.377 e. The van der Waals surface area contributed by atoms with Crippen LogP contribution in [0.4, 0.5) is 0 Å². The quantitative estimate of drug-likeness (QED) is 0.322. The molecule has 0 aromatic carbocycles. The Bertz CT molecular complexity index is 656. The van der Waals surface area contributed by atoms with Gasteiger partial charge in [-0.3, -0.25) is 14.9 Å². The first-order chi connectivity index (χ1) is 14.5. The number of hydrogen-bond donors (Lipinski definition) is 2. The van der Waals surface area contributed by atoms with Gasteiger partial charge in [-0.25, -0.2) is 0 Å². The first kappa shape index (κ1) is 26.3. The number of ether oxygens (including phenoxy) is 1. The lowest BCUT2D eigenvalue weighted by atomic mass is 9.78. The molecule has 2 fully saturated rings. The number of guanidine groups is 1. The van der Waals surface area contributed by atoms with Crippen LogP contribution in [0.5, 0.6) is 0 Å². The van der Waals surface area contributed by atoms with E-state index < -0.39 is 0 Å². The van der Waals surface area contributed by atoms with Gasteiger partial charge in [0, 0.05) is 57.5 Å². The van der Waals surface area contributed by atoms with Gasteiger partial charge >= 0.3 is 0 Å². The van der Waals surface area contributed by atoms with Crippen molar-refractivity contribution in [2.45, 2.75) is 72.1 Å². The molecule has 3 rings (SSSR count). The van der Waals surface area contributed by atoms with Crippen LogP contribution in [0, 0.1) is 11.3 Å². The molecule has 2 aliphatic heterocycles. The summed E-state index contributed by atoms with van der Waals surface area (Å²) in [5.74, 6) is 1.45. The fraction of sp³-hybridized carbons (Fsp3) is 0.750. The molecule has 2 atom stereocenters. The van der Waals surface area contributed by atoms with Crippen molar-refractivity contribution >= 4 is 29.9 Å². The second kappa shape index (κ2) is 12.9. The topological polar surface area (TPSA) is 61.8 Å².